The Kier molecular flexibility index (Phi) is 6.52. The van der Waals surface area contributed by atoms with Gasteiger partial charge in [-0.1, -0.05) is 18.2 Å². The second-order valence-corrected chi connectivity index (χ2v) is 7.96. The van der Waals surface area contributed by atoms with Crippen molar-refractivity contribution in [3.63, 3.8) is 0 Å². The minimum absolute atomic E-state index is 0.0893. The molecule has 0 fully saturated rings. The summed E-state index contributed by atoms with van der Waals surface area (Å²) in [7, 11) is 1.86. The third kappa shape index (κ3) is 5.01. The Morgan fingerprint density at radius 2 is 2.04 bits per heavy atom. The number of halogens is 1. The molecule has 0 aliphatic carbocycles. The van der Waals surface area contributed by atoms with Gasteiger partial charge in [0.05, 0.1) is 0 Å². The van der Waals surface area contributed by atoms with Crippen LogP contribution in [0.2, 0.25) is 0 Å². The van der Waals surface area contributed by atoms with Gasteiger partial charge in [0.2, 0.25) is 5.91 Å². The average molecular weight is 398 g/mol. The normalized spacial score (nSPS) is 12.0. The van der Waals surface area contributed by atoms with Crippen molar-refractivity contribution < 1.29 is 9.18 Å². The first-order valence-corrected chi connectivity index (χ1v) is 10.1. The van der Waals surface area contributed by atoms with Crippen LogP contribution in [-0.4, -0.2) is 21.2 Å². The molecule has 3 rings (SSSR count). The highest BCUT2D eigenvalue weighted by molar-refractivity contribution is 7.99. The van der Waals surface area contributed by atoms with Crippen molar-refractivity contribution in [3.8, 4) is 0 Å². The maximum Gasteiger partial charge on any atom is 0.221 e. The van der Waals surface area contributed by atoms with Gasteiger partial charge in [-0.25, -0.2) is 9.37 Å². The number of nitrogens with one attached hydrogen (secondary N) is 1. The molecule has 146 valence electrons. The van der Waals surface area contributed by atoms with Gasteiger partial charge in [0.25, 0.3) is 0 Å². The van der Waals surface area contributed by atoms with Crippen molar-refractivity contribution in [2.75, 3.05) is 5.75 Å². The van der Waals surface area contributed by atoms with Crippen molar-refractivity contribution in [1.82, 2.24) is 14.9 Å². The predicted octanol–water partition coefficient (Wildman–Crippen LogP) is 4.56. The SMILES string of the molecule is Cc1ccc(SCCC(=O)NC(c2cccc(F)c2)c2nccn2C)cc1C. The molecule has 1 amide bonds. The molecular weight excluding hydrogens is 373 g/mol. The van der Waals surface area contributed by atoms with Crippen LogP contribution in [0.15, 0.2) is 59.8 Å². The first-order valence-electron chi connectivity index (χ1n) is 9.16. The quantitative estimate of drug-likeness (QED) is 0.595. The standard InChI is InChI=1S/C22H24FN3OS/c1-15-7-8-19(13-16(15)2)28-12-9-20(27)25-21(22-24-10-11-26(22)3)17-5-4-6-18(23)14-17/h4-8,10-11,13-14,21H,9,12H2,1-3H3,(H,25,27). The fraction of sp³-hybridized carbons (Fsp3) is 0.273. The van der Waals surface area contributed by atoms with Crippen LogP contribution < -0.4 is 5.32 Å². The van der Waals surface area contributed by atoms with Crippen molar-refractivity contribution in [3.05, 3.63) is 83.2 Å². The Bertz CT molecular complexity index is 970. The van der Waals surface area contributed by atoms with E-state index in [0.717, 1.165) is 4.90 Å². The number of imidazole rings is 1. The number of aryl methyl sites for hydroxylation is 3. The Labute approximate surface area is 169 Å². The summed E-state index contributed by atoms with van der Waals surface area (Å²) in [5, 5.41) is 3.01. The molecule has 6 heteroatoms. The molecular formula is C22H24FN3OS. The van der Waals surface area contributed by atoms with Gasteiger partial charge in [0.1, 0.15) is 17.7 Å². The molecule has 1 aromatic heterocycles. The van der Waals surface area contributed by atoms with Gasteiger partial charge >= 0.3 is 0 Å². The highest BCUT2D eigenvalue weighted by atomic mass is 32.2. The van der Waals surface area contributed by atoms with Gasteiger partial charge in [-0.2, -0.15) is 0 Å². The van der Waals surface area contributed by atoms with Crippen LogP contribution >= 0.6 is 11.8 Å². The smallest absolute Gasteiger partial charge is 0.221 e. The number of rotatable bonds is 7. The van der Waals surface area contributed by atoms with Crippen molar-refractivity contribution in [2.24, 2.45) is 7.05 Å². The van der Waals surface area contributed by atoms with Crippen molar-refractivity contribution in [2.45, 2.75) is 31.2 Å². The van der Waals surface area contributed by atoms with E-state index in [2.05, 4.69) is 42.3 Å². The maximum absolute atomic E-state index is 13.7. The molecule has 0 saturated heterocycles. The van der Waals surface area contributed by atoms with E-state index in [-0.39, 0.29) is 11.7 Å². The molecule has 0 spiro atoms. The van der Waals surface area contributed by atoms with Crippen LogP contribution in [0, 0.1) is 19.7 Å². The lowest BCUT2D eigenvalue weighted by atomic mass is 10.1. The Hall–Kier alpha value is -2.60. The van der Waals surface area contributed by atoms with E-state index in [9.17, 15) is 9.18 Å². The van der Waals surface area contributed by atoms with Gasteiger partial charge in [-0.15, -0.1) is 11.8 Å². The fourth-order valence-corrected chi connectivity index (χ4v) is 3.88. The first-order chi connectivity index (χ1) is 13.4. The third-order valence-corrected chi connectivity index (χ3v) is 5.68. The molecule has 1 heterocycles. The lowest BCUT2D eigenvalue weighted by Crippen LogP contribution is -2.31. The summed E-state index contributed by atoms with van der Waals surface area (Å²) in [5.74, 6) is 0.913. The summed E-state index contributed by atoms with van der Waals surface area (Å²) in [5.41, 5.74) is 3.18. The minimum Gasteiger partial charge on any atom is -0.342 e. The van der Waals surface area contributed by atoms with Gasteiger partial charge < -0.3 is 9.88 Å². The molecule has 0 bridgehead atoms. The average Bonchev–Trinajstić information content (AvgIpc) is 3.08. The Morgan fingerprint density at radius 1 is 1.21 bits per heavy atom. The van der Waals surface area contributed by atoms with Crippen LogP contribution in [0.1, 0.15) is 35.0 Å². The highest BCUT2D eigenvalue weighted by Crippen LogP contribution is 2.23. The van der Waals surface area contributed by atoms with Crippen molar-refractivity contribution in [1.29, 1.82) is 0 Å². The zero-order chi connectivity index (χ0) is 20.1. The second-order valence-electron chi connectivity index (χ2n) is 6.80. The van der Waals surface area contributed by atoms with E-state index < -0.39 is 6.04 Å². The monoisotopic (exact) mass is 397 g/mol. The van der Waals surface area contributed by atoms with Gasteiger partial charge in [0.15, 0.2) is 0 Å². The first kappa shape index (κ1) is 20.1. The largest absolute Gasteiger partial charge is 0.342 e. The second kappa shape index (κ2) is 9.06. The molecule has 1 unspecified atom stereocenters. The van der Waals surface area contributed by atoms with Gasteiger partial charge in [-0.05, 0) is 54.8 Å². The number of carbonyl (C=O) groups is 1. The zero-order valence-corrected chi connectivity index (χ0v) is 17.1. The molecule has 0 aliphatic heterocycles. The number of hydrogen-bond donors (Lipinski definition) is 1. The lowest BCUT2D eigenvalue weighted by Gasteiger charge is -2.19. The number of amides is 1. The summed E-state index contributed by atoms with van der Waals surface area (Å²) < 4.78 is 15.5. The molecule has 28 heavy (non-hydrogen) atoms. The predicted molar refractivity (Wildman–Crippen MR) is 111 cm³/mol. The van der Waals surface area contributed by atoms with E-state index in [0.29, 0.717) is 23.6 Å². The number of benzene rings is 2. The molecule has 1 atom stereocenters. The molecule has 0 aliphatic rings. The molecule has 4 nitrogen and oxygen atoms in total. The number of thioether (sulfide) groups is 1. The van der Waals surface area contributed by atoms with Crippen LogP contribution in [0.3, 0.4) is 0 Å². The Morgan fingerprint density at radius 3 is 2.71 bits per heavy atom. The van der Waals surface area contributed by atoms with E-state index >= 15 is 0 Å². The number of nitrogens with zero attached hydrogens (tertiary/aromatic N) is 2. The Balaban J connectivity index is 1.66. The summed E-state index contributed by atoms with van der Waals surface area (Å²) in [4.78, 5) is 18.1. The number of hydrogen-bond acceptors (Lipinski definition) is 3. The van der Waals surface area contributed by atoms with Gasteiger partial charge in [0, 0.05) is 36.5 Å². The summed E-state index contributed by atoms with van der Waals surface area (Å²) >= 11 is 1.66. The minimum atomic E-state index is -0.491. The molecule has 2 aromatic carbocycles. The molecule has 3 aromatic rings. The lowest BCUT2D eigenvalue weighted by molar-refractivity contribution is -0.121. The molecule has 0 radical (unpaired) electrons. The molecule has 1 N–H and O–H groups in total. The fourth-order valence-electron chi connectivity index (χ4n) is 2.94. The van der Waals surface area contributed by atoms with E-state index in [1.54, 1.807) is 30.1 Å². The van der Waals surface area contributed by atoms with E-state index in [1.807, 2.05) is 17.8 Å². The van der Waals surface area contributed by atoms with Crippen LogP contribution in [0.4, 0.5) is 4.39 Å². The van der Waals surface area contributed by atoms with E-state index in [4.69, 9.17) is 0 Å². The third-order valence-electron chi connectivity index (χ3n) is 4.68. The zero-order valence-electron chi connectivity index (χ0n) is 16.3. The topological polar surface area (TPSA) is 46.9 Å². The summed E-state index contributed by atoms with van der Waals surface area (Å²) in [6.07, 6.45) is 3.85. The summed E-state index contributed by atoms with van der Waals surface area (Å²) in [6.45, 7) is 4.17. The number of carbonyl (C=O) groups excluding carboxylic acids is 1. The van der Waals surface area contributed by atoms with Crippen LogP contribution in [0.5, 0.6) is 0 Å². The van der Waals surface area contributed by atoms with Crippen molar-refractivity contribution >= 4 is 17.7 Å². The number of aromatic nitrogens is 2. The van der Waals surface area contributed by atoms with Crippen LogP contribution in [0.25, 0.3) is 0 Å². The van der Waals surface area contributed by atoms with Gasteiger partial charge in [-0.3, -0.25) is 4.79 Å². The maximum atomic E-state index is 13.7. The molecule has 0 saturated carbocycles. The van der Waals surface area contributed by atoms with E-state index in [1.165, 1.54) is 23.3 Å². The van der Waals surface area contributed by atoms with Crippen LogP contribution in [-0.2, 0) is 11.8 Å². The highest BCUT2D eigenvalue weighted by Gasteiger charge is 2.21. The summed E-state index contributed by atoms with van der Waals surface area (Å²) in [6, 6.07) is 12.1.